The molecule has 0 unspecified atom stereocenters. The zero-order chi connectivity index (χ0) is 5.82. The van der Waals surface area contributed by atoms with E-state index in [0.29, 0.717) is 0 Å². The Morgan fingerprint density at radius 3 is 3.12 bits per heavy atom. The van der Waals surface area contributed by atoms with Gasteiger partial charge in [-0.15, -0.1) is 0 Å². The Morgan fingerprint density at radius 1 is 1.88 bits per heavy atom. The molecule has 2 heteroatoms. The highest BCUT2D eigenvalue weighted by Crippen LogP contribution is 1.95. The lowest BCUT2D eigenvalue weighted by Gasteiger charge is -2.07. The molecule has 0 atom stereocenters. The van der Waals surface area contributed by atoms with E-state index in [-0.39, 0.29) is 1.43 Å². The van der Waals surface area contributed by atoms with Crippen LogP contribution in [0, 0.1) is 0 Å². The molecule has 0 aliphatic carbocycles. The maximum atomic E-state index is 10.1. The first-order chi connectivity index (χ1) is 3.93. The van der Waals surface area contributed by atoms with Crippen molar-refractivity contribution in [2.45, 2.75) is 6.42 Å². The zero-order valence-electron chi connectivity index (χ0n) is 4.68. The lowest BCUT2D eigenvalue weighted by atomic mass is 10.2. The summed E-state index contributed by atoms with van der Waals surface area (Å²) < 4.78 is 0. The summed E-state index contributed by atoms with van der Waals surface area (Å²) in [7, 11) is 0. The van der Waals surface area contributed by atoms with Crippen LogP contribution in [0.3, 0.4) is 0 Å². The zero-order valence-corrected chi connectivity index (χ0v) is 4.68. The molecular formula is C6H11NO. The molecule has 0 saturated heterocycles. The summed E-state index contributed by atoms with van der Waals surface area (Å²) in [4.78, 5) is 10.1. The van der Waals surface area contributed by atoms with E-state index < -0.39 is 0 Å². The fourth-order valence-corrected chi connectivity index (χ4v) is 0.754. The summed E-state index contributed by atoms with van der Waals surface area (Å²) in [6, 6.07) is 0. The van der Waals surface area contributed by atoms with Gasteiger partial charge in [0, 0.05) is 13.5 Å². The average Bonchev–Trinajstić information content (AvgIpc) is 1.90. The quantitative estimate of drug-likeness (QED) is 0.497. The molecule has 0 fully saturated rings. The molecular weight excluding hydrogens is 102 g/mol. The number of hydrogen-bond donors (Lipinski definition) is 1. The third kappa shape index (κ3) is 1.17. The van der Waals surface area contributed by atoms with Gasteiger partial charge in [0.2, 0.25) is 0 Å². The van der Waals surface area contributed by atoms with Gasteiger partial charge in [0.25, 0.3) is 0 Å². The van der Waals surface area contributed by atoms with Crippen molar-refractivity contribution < 1.29 is 6.22 Å². The molecule has 46 valence electrons. The highest BCUT2D eigenvalue weighted by atomic mass is 16.1. The summed E-state index contributed by atoms with van der Waals surface area (Å²) in [5, 5.41) is 3.09. The Bertz CT molecular complexity index is 122. The van der Waals surface area contributed by atoms with Gasteiger partial charge in [0.05, 0.1) is 0 Å². The first-order valence-electron chi connectivity index (χ1n) is 2.78. The molecule has 0 aromatic rings. The van der Waals surface area contributed by atoms with Gasteiger partial charge < -0.3 is 5.32 Å². The number of aldehydes is 1. The first-order valence-corrected chi connectivity index (χ1v) is 2.78. The van der Waals surface area contributed by atoms with Gasteiger partial charge in [-0.2, -0.15) is 0 Å². The number of nitrogens with one attached hydrogen (secondary N) is 1. The molecule has 1 aliphatic rings. The van der Waals surface area contributed by atoms with Crippen molar-refractivity contribution in [3.63, 3.8) is 0 Å². The first kappa shape index (κ1) is 5.51. The van der Waals surface area contributed by atoms with E-state index >= 15 is 0 Å². The van der Waals surface area contributed by atoms with Gasteiger partial charge in [0.15, 0.2) is 0 Å². The molecule has 0 amide bonds. The van der Waals surface area contributed by atoms with Gasteiger partial charge in [-0.05, 0) is 13.0 Å². The monoisotopic (exact) mass is 113 g/mol. The van der Waals surface area contributed by atoms with Gasteiger partial charge in [-0.1, -0.05) is 6.08 Å². The van der Waals surface area contributed by atoms with Crippen LogP contribution in [0.15, 0.2) is 11.6 Å². The topological polar surface area (TPSA) is 29.1 Å². The van der Waals surface area contributed by atoms with Crippen LogP contribution in [0.25, 0.3) is 0 Å². The fourth-order valence-electron chi connectivity index (χ4n) is 0.754. The molecule has 0 aromatic heterocycles. The van der Waals surface area contributed by atoms with Crippen LogP contribution in [-0.2, 0) is 4.79 Å². The smallest absolute Gasteiger partial charge is 0.147 e. The minimum atomic E-state index is 0. The van der Waals surface area contributed by atoms with E-state index in [1.165, 1.54) is 0 Å². The lowest BCUT2D eigenvalue weighted by Crippen LogP contribution is -2.22. The summed E-state index contributed by atoms with van der Waals surface area (Å²) in [6.45, 7) is 1.76. The molecule has 1 aliphatic heterocycles. The predicted molar refractivity (Wildman–Crippen MR) is 33.7 cm³/mol. The highest BCUT2D eigenvalue weighted by Gasteiger charge is 1.98. The number of carbonyl (C=O) groups is 1. The number of rotatable bonds is 1. The van der Waals surface area contributed by atoms with Crippen LogP contribution >= 0.6 is 0 Å². The van der Waals surface area contributed by atoms with E-state index in [0.717, 1.165) is 31.4 Å². The van der Waals surface area contributed by atoms with E-state index in [9.17, 15) is 4.79 Å². The molecule has 0 bridgehead atoms. The Morgan fingerprint density at radius 2 is 2.75 bits per heavy atom. The number of hydrogen-bond acceptors (Lipinski definition) is 2. The molecule has 2 nitrogen and oxygen atoms in total. The van der Waals surface area contributed by atoms with Crippen LogP contribution < -0.4 is 5.32 Å². The van der Waals surface area contributed by atoms with Gasteiger partial charge in [-0.25, -0.2) is 0 Å². The van der Waals surface area contributed by atoms with Crippen LogP contribution in [0.2, 0.25) is 0 Å². The minimum absolute atomic E-state index is 0. The molecule has 0 saturated carbocycles. The van der Waals surface area contributed by atoms with Crippen molar-refractivity contribution in [3.05, 3.63) is 11.6 Å². The molecule has 0 radical (unpaired) electrons. The Hall–Kier alpha value is -0.630. The Balaban J connectivity index is 0.000000640. The van der Waals surface area contributed by atoms with Crippen molar-refractivity contribution in [2.24, 2.45) is 0 Å². The molecule has 8 heavy (non-hydrogen) atoms. The van der Waals surface area contributed by atoms with E-state index in [1.807, 2.05) is 6.08 Å². The largest absolute Gasteiger partial charge is 0.312 e. The average molecular weight is 113 g/mol. The lowest BCUT2D eigenvalue weighted by molar-refractivity contribution is -0.105. The normalized spacial score (nSPS) is 19.8. The summed E-state index contributed by atoms with van der Waals surface area (Å²) in [6.07, 6.45) is 3.88. The SMILES string of the molecule is O=CC1=CCCNC1.[HH]. The summed E-state index contributed by atoms with van der Waals surface area (Å²) >= 11 is 0. The Kier molecular flexibility index (Phi) is 1.80. The minimum Gasteiger partial charge on any atom is -0.312 e. The second kappa shape index (κ2) is 2.62. The summed E-state index contributed by atoms with van der Waals surface area (Å²) in [5.74, 6) is 0. The maximum Gasteiger partial charge on any atom is 0.147 e. The van der Waals surface area contributed by atoms with Gasteiger partial charge in [-0.3, -0.25) is 4.79 Å². The standard InChI is InChI=1S/C6H9NO.H2/c8-5-6-2-1-3-7-4-6;/h2,5,7H,1,3-4H2;1H. The van der Waals surface area contributed by atoms with Gasteiger partial charge in [0.1, 0.15) is 6.29 Å². The fraction of sp³-hybridized carbons (Fsp3) is 0.500. The second-order valence-corrected chi connectivity index (χ2v) is 1.86. The third-order valence-corrected chi connectivity index (χ3v) is 1.21. The third-order valence-electron chi connectivity index (χ3n) is 1.21. The number of carbonyl (C=O) groups excluding carboxylic acids is 1. The van der Waals surface area contributed by atoms with Crippen LogP contribution in [-0.4, -0.2) is 19.4 Å². The predicted octanol–water partition coefficient (Wildman–Crippen LogP) is 0.351. The van der Waals surface area contributed by atoms with Crippen LogP contribution in [0.4, 0.5) is 0 Å². The van der Waals surface area contributed by atoms with Crippen molar-refractivity contribution in [2.75, 3.05) is 13.1 Å². The van der Waals surface area contributed by atoms with Crippen molar-refractivity contribution in [1.29, 1.82) is 0 Å². The second-order valence-electron chi connectivity index (χ2n) is 1.86. The highest BCUT2D eigenvalue weighted by molar-refractivity contribution is 5.73. The van der Waals surface area contributed by atoms with Gasteiger partial charge >= 0.3 is 0 Å². The van der Waals surface area contributed by atoms with Crippen molar-refractivity contribution in [1.82, 2.24) is 5.32 Å². The molecule has 0 aromatic carbocycles. The van der Waals surface area contributed by atoms with E-state index in [2.05, 4.69) is 5.32 Å². The molecule has 1 heterocycles. The van der Waals surface area contributed by atoms with Crippen LogP contribution in [0.5, 0.6) is 0 Å². The van der Waals surface area contributed by atoms with E-state index in [1.54, 1.807) is 0 Å². The Labute approximate surface area is 50.1 Å². The van der Waals surface area contributed by atoms with Crippen molar-refractivity contribution >= 4 is 6.29 Å². The van der Waals surface area contributed by atoms with Crippen LogP contribution in [0.1, 0.15) is 7.85 Å². The molecule has 1 rings (SSSR count). The molecule has 0 spiro atoms. The van der Waals surface area contributed by atoms with E-state index in [4.69, 9.17) is 0 Å². The molecule has 1 N–H and O–H groups in total. The maximum absolute atomic E-state index is 10.1. The summed E-state index contributed by atoms with van der Waals surface area (Å²) in [5.41, 5.74) is 0.885. The van der Waals surface area contributed by atoms with Crippen molar-refractivity contribution in [3.8, 4) is 0 Å².